The van der Waals surface area contributed by atoms with E-state index in [1.165, 1.54) is 31.4 Å². The summed E-state index contributed by atoms with van der Waals surface area (Å²) in [5, 5.41) is 3.53. The highest BCUT2D eigenvalue weighted by atomic mass is 16.1. The first kappa shape index (κ1) is 10.7. The summed E-state index contributed by atoms with van der Waals surface area (Å²) in [5.74, 6) is 0.286. The molecule has 1 N–H and O–H groups in total. The third kappa shape index (κ3) is 2.83. The van der Waals surface area contributed by atoms with Crippen molar-refractivity contribution >= 4 is 5.78 Å². The SMILES string of the molecule is CC1(C)CCC(NC2=CC(=O)CC2)CC1. The number of ketones is 1. The summed E-state index contributed by atoms with van der Waals surface area (Å²) >= 11 is 0. The molecule has 2 nitrogen and oxygen atoms in total. The minimum atomic E-state index is 0.286. The third-order valence-electron chi connectivity index (χ3n) is 3.70. The smallest absolute Gasteiger partial charge is 0.157 e. The average molecular weight is 207 g/mol. The maximum absolute atomic E-state index is 11.1. The number of allylic oxidation sites excluding steroid dienone is 2. The lowest BCUT2D eigenvalue weighted by atomic mass is 9.75. The lowest BCUT2D eigenvalue weighted by Gasteiger charge is -2.35. The van der Waals surface area contributed by atoms with Crippen LogP contribution in [0.5, 0.6) is 0 Å². The van der Waals surface area contributed by atoms with Crippen molar-refractivity contribution in [2.24, 2.45) is 5.41 Å². The Bertz CT molecular complexity index is 281. The van der Waals surface area contributed by atoms with Gasteiger partial charge in [-0.25, -0.2) is 0 Å². The highest BCUT2D eigenvalue weighted by Gasteiger charge is 2.27. The molecule has 15 heavy (non-hydrogen) atoms. The number of rotatable bonds is 2. The van der Waals surface area contributed by atoms with E-state index in [0.717, 1.165) is 6.42 Å². The van der Waals surface area contributed by atoms with Gasteiger partial charge in [-0.3, -0.25) is 4.79 Å². The van der Waals surface area contributed by atoms with Crippen LogP contribution in [-0.4, -0.2) is 11.8 Å². The molecule has 0 bridgehead atoms. The number of carbonyl (C=O) groups excluding carboxylic acids is 1. The van der Waals surface area contributed by atoms with Gasteiger partial charge in [-0.15, -0.1) is 0 Å². The van der Waals surface area contributed by atoms with E-state index in [9.17, 15) is 4.79 Å². The molecular weight excluding hydrogens is 186 g/mol. The fourth-order valence-electron chi connectivity index (χ4n) is 2.52. The van der Waals surface area contributed by atoms with E-state index < -0.39 is 0 Å². The molecule has 2 aliphatic carbocycles. The van der Waals surface area contributed by atoms with Gasteiger partial charge in [0.1, 0.15) is 0 Å². The second-order valence-electron chi connectivity index (χ2n) is 5.72. The molecule has 2 aliphatic rings. The summed E-state index contributed by atoms with van der Waals surface area (Å²) < 4.78 is 0. The lowest BCUT2D eigenvalue weighted by molar-refractivity contribution is -0.114. The van der Waals surface area contributed by atoms with Crippen LogP contribution >= 0.6 is 0 Å². The molecule has 2 rings (SSSR count). The Labute approximate surface area is 92.1 Å². The molecule has 0 heterocycles. The topological polar surface area (TPSA) is 29.1 Å². The minimum Gasteiger partial charge on any atom is -0.385 e. The van der Waals surface area contributed by atoms with E-state index in [1.807, 2.05) is 0 Å². The molecule has 1 saturated carbocycles. The zero-order valence-corrected chi connectivity index (χ0v) is 9.81. The fourth-order valence-corrected chi connectivity index (χ4v) is 2.52. The highest BCUT2D eigenvalue weighted by Crippen LogP contribution is 2.35. The van der Waals surface area contributed by atoms with Crippen LogP contribution in [0.4, 0.5) is 0 Å². The van der Waals surface area contributed by atoms with Gasteiger partial charge >= 0.3 is 0 Å². The van der Waals surface area contributed by atoms with Crippen molar-refractivity contribution in [3.05, 3.63) is 11.8 Å². The van der Waals surface area contributed by atoms with Crippen molar-refractivity contribution in [1.29, 1.82) is 0 Å². The van der Waals surface area contributed by atoms with Crippen LogP contribution in [0.1, 0.15) is 52.4 Å². The van der Waals surface area contributed by atoms with E-state index >= 15 is 0 Å². The van der Waals surface area contributed by atoms with E-state index in [-0.39, 0.29) is 5.78 Å². The first-order valence-electron chi connectivity index (χ1n) is 6.05. The highest BCUT2D eigenvalue weighted by molar-refractivity contribution is 5.92. The molecule has 0 aromatic rings. The molecule has 84 valence electrons. The van der Waals surface area contributed by atoms with Crippen LogP contribution in [0.25, 0.3) is 0 Å². The van der Waals surface area contributed by atoms with Gasteiger partial charge < -0.3 is 5.32 Å². The second kappa shape index (κ2) is 3.99. The number of hydrogen-bond acceptors (Lipinski definition) is 2. The van der Waals surface area contributed by atoms with Gasteiger partial charge in [-0.05, 0) is 37.5 Å². The van der Waals surface area contributed by atoms with E-state index in [2.05, 4.69) is 19.2 Å². The average Bonchev–Trinajstić information content (AvgIpc) is 2.55. The molecule has 0 aromatic carbocycles. The summed E-state index contributed by atoms with van der Waals surface area (Å²) in [6.45, 7) is 4.70. The van der Waals surface area contributed by atoms with Gasteiger partial charge in [0.05, 0.1) is 0 Å². The molecule has 0 aliphatic heterocycles. The van der Waals surface area contributed by atoms with Crippen LogP contribution < -0.4 is 5.32 Å². The third-order valence-corrected chi connectivity index (χ3v) is 3.70. The number of carbonyl (C=O) groups is 1. The van der Waals surface area contributed by atoms with Crippen molar-refractivity contribution in [1.82, 2.24) is 5.32 Å². The Hall–Kier alpha value is -0.790. The van der Waals surface area contributed by atoms with Crippen LogP contribution in [-0.2, 0) is 4.79 Å². The zero-order valence-electron chi connectivity index (χ0n) is 9.81. The molecule has 0 spiro atoms. The van der Waals surface area contributed by atoms with E-state index in [0.29, 0.717) is 17.9 Å². The maximum Gasteiger partial charge on any atom is 0.157 e. The monoisotopic (exact) mass is 207 g/mol. The van der Waals surface area contributed by atoms with Crippen LogP contribution in [0.3, 0.4) is 0 Å². The van der Waals surface area contributed by atoms with Crippen molar-refractivity contribution in [3.63, 3.8) is 0 Å². The Balaban J connectivity index is 1.82. The molecular formula is C13H21NO. The largest absolute Gasteiger partial charge is 0.385 e. The molecule has 2 heteroatoms. The summed E-state index contributed by atoms with van der Waals surface area (Å²) in [5.41, 5.74) is 1.70. The van der Waals surface area contributed by atoms with Crippen LogP contribution in [0.15, 0.2) is 11.8 Å². The molecule has 0 saturated heterocycles. The number of hydrogen-bond donors (Lipinski definition) is 1. The van der Waals surface area contributed by atoms with Crippen LogP contribution in [0, 0.1) is 5.41 Å². The summed E-state index contributed by atoms with van der Waals surface area (Å²) in [4.78, 5) is 11.1. The summed E-state index contributed by atoms with van der Waals surface area (Å²) in [6.07, 6.45) is 8.52. The predicted molar refractivity (Wildman–Crippen MR) is 61.5 cm³/mol. The molecule has 0 atom stereocenters. The van der Waals surface area contributed by atoms with Gasteiger partial charge in [0.15, 0.2) is 5.78 Å². The number of nitrogens with one attached hydrogen (secondary N) is 1. The van der Waals surface area contributed by atoms with Gasteiger partial charge in [0.2, 0.25) is 0 Å². The Kier molecular flexibility index (Phi) is 2.85. The Morgan fingerprint density at radius 1 is 1.27 bits per heavy atom. The minimum absolute atomic E-state index is 0.286. The predicted octanol–water partition coefficient (Wildman–Crippen LogP) is 2.79. The first-order chi connectivity index (χ1) is 7.05. The van der Waals surface area contributed by atoms with Gasteiger partial charge in [0, 0.05) is 24.2 Å². The zero-order chi connectivity index (χ0) is 10.9. The molecule has 1 fully saturated rings. The van der Waals surface area contributed by atoms with Crippen molar-refractivity contribution in [2.75, 3.05) is 0 Å². The Morgan fingerprint density at radius 3 is 2.47 bits per heavy atom. The van der Waals surface area contributed by atoms with Crippen molar-refractivity contribution in [2.45, 2.75) is 58.4 Å². The molecule has 0 radical (unpaired) electrons. The fraction of sp³-hybridized carbons (Fsp3) is 0.769. The van der Waals surface area contributed by atoms with E-state index in [1.54, 1.807) is 6.08 Å². The van der Waals surface area contributed by atoms with Crippen LogP contribution in [0.2, 0.25) is 0 Å². The van der Waals surface area contributed by atoms with E-state index in [4.69, 9.17) is 0 Å². The summed E-state index contributed by atoms with van der Waals surface area (Å²) in [7, 11) is 0. The molecule has 0 unspecified atom stereocenters. The second-order valence-corrected chi connectivity index (χ2v) is 5.72. The summed E-state index contributed by atoms with van der Waals surface area (Å²) in [6, 6.07) is 0.607. The molecule has 0 amide bonds. The standard InChI is InChI=1S/C13H21NO/c1-13(2)7-5-10(6-8-13)14-11-3-4-12(15)9-11/h9-10,14H,3-8H2,1-2H3. The van der Waals surface area contributed by atoms with Crippen molar-refractivity contribution in [3.8, 4) is 0 Å². The first-order valence-corrected chi connectivity index (χ1v) is 6.05. The Morgan fingerprint density at radius 2 is 1.93 bits per heavy atom. The van der Waals surface area contributed by atoms with Gasteiger partial charge in [0.25, 0.3) is 0 Å². The normalized spacial score (nSPS) is 26.5. The van der Waals surface area contributed by atoms with Gasteiger partial charge in [-0.1, -0.05) is 13.8 Å². The maximum atomic E-state index is 11.1. The van der Waals surface area contributed by atoms with Gasteiger partial charge in [-0.2, -0.15) is 0 Å². The lowest BCUT2D eigenvalue weighted by Crippen LogP contribution is -2.34. The van der Waals surface area contributed by atoms with Crippen molar-refractivity contribution < 1.29 is 4.79 Å². The molecule has 0 aromatic heterocycles. The quantitative estimate of drug-likeness (QED) is 0.754.